The summed E-state index contributed by atoms with van der Waals surface area (Å²) < 4.78 is 5.29. The highest BCUT2D eigenvalue weighted by Gasteiger charge is 2.30. The Kier molecular flexibility index (Phi) is 4.50. The van der Waals surface area contributed by atoms with E-state index in [2.05, 4.69) is 5.32 Å². The minimum atomic E-state index is -0.300. The van der Waals surface area contributed by atoms with Gasteiger partial charge in [-0.15, -0.1) is 0 Å². The van der Waals surface area contributed by atoms with Crippen molar-refractivity contribution in [3.05, 3.63) is 0 Å². The molecule has 3 atom stereocenters. The minimum Gasteiger partial charge on any atom is -0.377 e. The Morgan fingerprint density at radius 1 is 1.67 bits per heavy atom. The molecular formula is C10H21N3O2. The van der Waals surface area contributed by atoms with E-state index >= 15 is 0 Å². The molecule has 5 nitrogen and oxygen atoms in total. The molecule has 2 unspecified atom stereocenters. The molecule has 3 N–H and O–H groups in total. The average molecular weight is 215 g/mol. The number of hydrogen-bond acceptors (Lipinski definition) is 4. The predicted molar refractivity (Wildman–Crippen MR) is 58.5 cm³/mol. The molecule has 1 saturated heterocycles. The summed E-state index contributed by atoms with van der Waals surface area (Å²) in [4.78, 5) is 14.0. The van der Waals surface area contributed by atoms with E-state index in [-0.39, 0.29) is 24.0 Å². The van der Waals surface area contributed by atoms with Gasteiger partial charge in [0.2, 0.25) is 5.91 Å². The van der Waals surface area contributed by atoms with Crippen molar-refractivity contribution in [3.8, 4) is 0 Å². The van der Waals surface area contributed by atoms with E-state index in [9.17, 15) is 4.79 Å². The second-order valence-electron chi connectivity index (χ2n) is 4.08. The third kappa shape index (κ3) is 2.90. The molecule has 1 aliphatic heterocycles. The lowest BCUT2D eigenvalue weighted by Crippen LogP contribution is -2.58. The number of morpholine rings is 1. The van der Waals surface area contributed by atoms with E-state index in [1.54, 1.807) is 7.05 Å². The molecule has 5 heteroatoms. The Hall–Kier alpha value is -0.650. The van der Waals surface area contributed by atoms with Crippen molar-refractivity contribution in [3.63, 3.8) is 0 Å². The molecule has 0 saturated carbocycles. The van der Waals surface area contributed by atoms with Gasteiger partial charge in [-0.3, -0.25) is 4.79 Å². The molecule has 88 valence electrons. The van der Waals surface area contributed by atoms with Gasteiger partial charge < -0.3 is 20.7 Å². The van der Waals surface area contributed by atoms with Crippen molar-refractivity contribution in [1.29, 1.82) is 0 Å². The highest BCUT2D eigenvalue weighted by molar-refractivity contribution is 5.83. The summed E-state index contributed by atoms with van der Waals surface area (Å²) in [7, 11) is 1.76. The number of nitrogens with one attached hydrogen (secondary N) is 1. The summed E-state index contributed by atoms with van der Waals surface area (Å²) in [6.07, 6.45) is 0. The fourth-order valence-corrected chi connectivity index (χ4v) is 1.84. The van der Waals surface area contributed by atoms with Crippen molar-refractivity contribution in [2.45, 2.75) is 32.0 Å². The van der Waals surface area contributed by atoms with E-state index in [0.29, 0.717) is 19.8 Å². The Bertz CT molecular complexity index is 221. The molecule has 1 amide bonds. The molecule has 15 heavy (non-hydrogen) atoms. The highest BCUT2D eigenvalue weighted by Crippen LogP contribution is 2.09. The Morgan fingerprint density at radius 2 is 2.33 bits per heavy atom. The van der Waals surface area contributed by atoms with E-state index in [4.69, 9.17) is 10.5 Å². The van der Waals surface area contributed by atoms with Crippen LogP contribution in [0.1, 0.15) is 13.8 Å². The first-order valence-electron chi connectivity index (χ1n) is 5.39. The molecule has 0 aromatic heterocycles. The van der Waals surface area contributed by atoms with Crippen LogP contribution in [-0.4, -0.2) is 55.7 Å². The van der Waals surface area contributed by atoms with Gasteiger partial charge in [-0.2, -0.15) is 0 Å². The fourth-order valence-electron chi connectivity index (χ4n) is 1.84. The number of hydrogen-bond donors (Lipinski definition) is 2. The van der Waals surface area contributed by atoms with Gasteiger partial charge in [0, 0.05) is 12.6 Å². The van der Waals surface area contributed by atoms with Crippen LogP contribution >= 0.6 is 0 Å². The standard InChI is InChI=1S/C10H21N3O2/c1-7-6-15-5-4-13(7)10(14)9(12-3)8(2)11/h7-9,12H,4-6,11H2,1-3H3/t7-,8?,9?/m0/s1. The Morgan fingerprint density at radius 3 is 2.80 bits per heavy atom. The molecule has 1 heterocycles. The summed E-state index contributed by atoms with van der Waals surface area (Å²) in [5, 5.41) is 2.96. The van der Waals surface area contributed by atoms with Crippen LogP contribution in [0.2, 0.25) is 0 Å². The van der Waals surface area contributed by atoms with Gasteiger partial charge >= 0.3 is 0 Å². The van der Waals surface area contributed by atoms with Gasteiger partial charge in [-0.05, 0) is 20.9 Å². The molecular weight excluding hydrogens is 194 g/mol. The van der Waals surface area contributed by atoms with Crippen molar-refractivity contribution in [1.82, 2.24) is 10.2 Å². The van der Waals surface area contributed by atoms with Crippen LogP contribution in [0.5, 0.6) is 0 Å². The number of nitrogens with two attached hydrogens (primary N) is 1. The van der Waals surface area contributed by atoms with Crippen molar-refractivity contribution >= 4 is 5.91 Å². The molecule has 0 spiro atoms. The van der Waals surface area contributed by atoms with Crippen LogP contribution < -0.4 is 11.1 Å². The van der Waals surface area contributed by atoms with E-state index < -0.39 is 0 Å². The summed E-state index contributed by atoms with van der Waals surface area (Å²) in [6.45, 7) is 5.71. The van der Waals surface area contributed by atoms with E-state index in [1.165, 1.54) is 0 Å². The van der Waals surface area contributed by atoms with Crippen molar-refractivity contribution < 1.29 is 9.53 Å². The summed E-state index contributed by atoms with van der Waals surface area (Å²) in [6, 6.07) is -0.344. The molecule has 0 aromatic carbocycles. The highest BCUT2D eigenvalue weighted by atomic mass is 16.5. The molecule has 0 radical (unpaired) electrons. The first-order chi connectivity index (χ1) is 7.07. The summed E-state index contributed by atoms with van der Waals surface area (Å²) >= 11 is 0. The molecule has 1 aliphatic rings. The predicted octanol–water partition coefficient (Wildman–Crippen LogP) is -0.831. The zero-order valence-electron chi connectivity index (χ0n) is 9.69. The lowest BCUT2D eigenvalue weighted by Gasteiger charge is -2.36. The molecule has 1 fully saturated rings. The molecule has 0 aromatic rings. The minimum absolute atomic E-state index is 0.0725. The maximum absolute atomic E-state index is 12.1. The normalized spacial score (nSPS) is 26.1. The van der Waals surface area contributed by atoms with E-state index in [1.807, 2.05) is 18.7 Å². The summed E-state index contributed by atoms with van der Waals surface area (Å²) in [5.41, 5.74) is 5.76. The SMILES string of the molecule is CNC(C(=O)N1CCOC[C@@H]1C)C(C)N. The van der Waals surface area contributed by atoms with Gasteiger partial charge in [0.25, 0.3) is 0 Å². The van der Waals surface area contributed by atoms with Gasteiger partial charge in [0.15, 0.2) is 0 Å². The van der Waals surface area contributed by atoms with Gasteiger partial charge in [-0.25, -0.2) is 0 Å². The first kappa shape index (κ1) is 12.4. The lowest BCUT2D eigenvalue weighted by molar-refractivity contribution is -0.141. The fraction of sp³-hybridized carbons (Fsp3) is 0.900. The number of likely N-dealkylation sites (N-methyl/N-ethyl adjacent to an activating group) is 1. The number of carbonyl (C=O) groups is 1. The van der Waals surface area contributed by atoms with Crippen LogP contribution in [0.3, 0.4) is 0 Å². The average Bonchev–Trinajstić information content (AvgIpc) is 2.18. The maximum Gasteiger partial charge on any atom is 0.241 e. The quantitative estimate of drug-likeness (QED) is 0.645. The zero-order valence-corrected chi connectivity index (χ0v) is 9.69. The first-order valence-corrected chi connectivity index (χ1v) is 5.39. The number of amides is 1. The number of nitrogens with zero attached hydrogens (tertiary/aromatic N) is 1. The largest absolute Gasteiger partial charge is 0.377 e. The number of ether oxygens (including phenoxy) is 1. The maximum atomic E-state index is 12.1. The van der Waals surface area contributed by atoms with Crippen LogP contribution in [0, 0.1) is 0 Å². The second kappa shape index (κ2) is 5.44. The van der Waals surface area contributed by atoms with Crippen LogP contribution in [0.15, 0.2) is 0 Å². The third-order valence-corrected chi connectivity index (χ3v) is 2.75. The number of rotatable bonds is 3. The van der Waals surface area contributed by atoms with E-state index in [0.717, 1.165) is 0 Å². The van der Waals surface area contributed by atoms with Gasteiger partial charge in [-0.1, -0.05) is 0 Å². The van der Waals surface area contributed by atoms with Gasteiger partial charge in [0.05, 0.1) is 19.3 Å². The number of carbonyl (C=O) groups excluding carboxylic acids is 1. The zero-order chi connectivity index (χ0) is 11.4. The lowest BCUT2D eigenvalue weighted by atomic mass is 10.1. The van der Waals surface area contributed by atoms with Crippen LogP contribution in [0.4, 0.5) is 0 Å². The second-order valence-corrected chi connectivity index (χ2v) is 4.08. The van der Waals surface area contributed by atoms with Crippen LogP contribution in [-0.2, 0) is 9.53 Å². The van der Waals surface area contributed by atoms with Crippen molar-refractivity contribution in [2.75, 3.05) is 26.8 Å². The Balaban J connectivity index is 2.64. The van der Waals surface area contributed by atoms with Crippen molar-refractivity contribution in [2.24, 2.45) is 5.73 Å². The smallest absolute Gasteiger partial charge is 0.241 e. The molecule has 0 aliphatic carbocycles. The monoisotopic (exact) mass is 215 g/mol. The molecule has 1 rings (SSSR count). The molecule has 0 bridgehead atoms. The van der Waals surface area contributed by atoms with Gasteiger partial charge in [0.1, 0.15) is 6.04 Å². The summed E-state index contributed by atoms with van der Waals surface area (Å²) in [5.74, 6) is 0.0725. The topological polar surface area (TPSA) is 67.6 Å². The third-order valence-electron chi connectivity index (χ3n) is 2.75. The Labute approximate surface area is 90.9 Å². The van der Waals surface area contributed by atoms with Crippen LogP contribution in [0.25, 0.3) is 0 Å².